The number of aliphatic hydroxyl groups excluding tert-OH is 2. The van der Waals surface area contributed by atoms with Crippen molar-refractivity contribution in [2.45, 2.75) is 109 Å². The van der Waals surface area contributed by atoms with Crippen molar-refractivity contribution < 1.29 is 24.2 Å². The van der Waals surface area contributed by atoms with E-state index < -0.39 is 26.5 Å². The summed E-state index contributed by atoms with van der Waals surface area (Å²) in [4.78, 5) is 8.54. The molecule has 4 atom stereocenters. The number of hydrogen-bond donors (Lipinski definition) is 4. The largest absolute Gasteiger partial charge is 0.694 e. The van der Waals surface area contributed by atoms with Crippen molar-refractivity contribution in [1.82, 2.24) is 0 Å². The molecule has 0 aliphatic heterocycles. The molecular formula is C18H39NO5P+. The van der Waals surface area contributed by atoms with Crippen LogP contribution in [0.1, 0.15) is 90.4 Å². The molecular weight excluding hydrogens is 341 g/mol. The Labute approximate surface area is 154 Å². The van der Waals surface area contributed by atoms with Gasteiger partial charge in [0.15, 0.2) is 0 Å². The van der Waals surface area contributed by atoms with Crippen LogP contribution in [0.4, 0.5) is 0 Å². The second kappa shape index (κ2) is 17.3. The summed E-state index contributed by atoms with van der Waals surface area (Å²) >= 11 is 0. The van der Waals surface area contributed by atoms with E-state index in [1.54, 1.807) is 0 Å². The van der Waals surface area contributed by atoms with Crippen LogP contribution in [0.15, 0.2) is 0 Å². The van der Waals surface area contributed by atoms with E-state index in [0.29, 0.717) is 6.42 Å². The van der Waals surface area contributed by atoms with Crippen LogP contribution >= 0.6 is 8.25 Å². The molecule has 0 saturated heterocycles. The lowest BCUT2D eigenvalue weighted by atomic mass is 10.00. The molecule has 0 bridgehead atoms. The Bertz CT molecular complexity index is 320. The normalized spacial score (nSPS) is 15.8. The van der Waals surface area contributed by atoms with E-state index in [4.69, 9.17) is 10.6 Å². The van der Waals surface area contributed by atoms with E-state index >= 15 is 0 Å². The van der Waals surface area contributed by atoms with Crippen LogP contribution in [0.3, 0.4) is 0 Å². The molecule has 0 radical (unpaired) electrons. The summed E-state index contributed by atoms with van der Waals surface area (Å²) in [5.41, 5.74) is 5.63. The van der Waals surface area contributed by atoms with Crippen LogP contribution in [0, 0.1) is 0 Å². The molecule has 0 aromatic heterocycles. The Kier molecular flexibility index (Phi) is 17.3. The highest BCUT2D eigenvalue weighted by molar-refractivity contribution is 7.32. The molecule has 7 heteroatoms. The highest BCUT2D eigenvalue weighted by atomic mass is 31.1. The minimum Gasteiger partial charge on any atom is -0.390 e. The number of hydrogen-bond acceptors (Lipinski definition) is 5. The van der Waals surface area contributed by atoms with Crippen LogP contribution in [0.5, 0.6) is 0 Å². The third-order valence-electron chi connectivity index (χ3n) is 4.56. The first kappa shape index (κ1) is 24.9. The molecule has 5 N–H and O–H groups in total. The maximum absolute atomic E-state index is 10.4. The van der Waals surface area contributed by atoms with Crippen molar-refractivity contribution >= 4 is 8.25 Å². The van der Waals surface area contributed by atoms with Crippen molar-refractivity contribution in [3.05, 3.63) is 0 Å². The van der Waals surface area contributed by atoms with Gasteiger partial charge in [-0.2, -0.15) is 0 Å². The van der Waals surface area contributed by atoms with E-state index in [2.05, 4.69) is 11.4 Å². The predicted molar refractivity (Wildman–Crippen MR) is 101 cm³/mol. The van der Waals surface area contributed by atoms with Crippen LogP contribution in [-0.2, 0) is 9.09 Å². The number of nitrogens with two attached hydrogens (primary N) is 1. The van der Waals surface area contributed by atoms with Gasteiger partial charge in [0, 0.05) is 4.57 Å². The fourth-order valence-corrected chi connectivity index (χ4v) is 3.20. The monoisotopic (exact) mass is 380 g/mol. The molecule has 0 aliphatic rings. The van der Waals surface area contributed by atoms with Gasteiger partial charge in [0.25, 0.3) is 0 Å². The lowest BCUT2D eigenvalue weighted by Gasteiger charge is -2.22. The molecule has 6 nitrogen and oxygen atoms in total. The number of unbranched alkanes of at least 4 members (excludes halogenated alkanes) is 11. The van der Waals surface area contributed by atoms with Crippen LogP contribution < -0.4 is 5.73 Å². The molecule has 0 aliphatic carbocycles. The zero-order valence-corrected chi connectivity index (χ0v) is 16.7. The van der Waals surface area contributed by atoms with Crippen molar-refractivity contribution in [3.8, 4) is 0 Å². The maximum atomic E-state index is 10.4. The van der Waals surface area contributed by atoms with Gasteiger partial charge in [0.1, 0.15) is 6.61 Å². The Morgan fingerprint density at radius 1 is 0.880 bits per heavy atom. The fraction of sp³-hybridized carbons (Fsp3) is 1.00. The standard InChI is InChI=1S/C18H38NO5P/c1-2-3-4-5-6-7-8-9-10-11-12-13-14-17(20)18(21)16(19)15-24-25(22)23/h16-18,20-21H,2-15,19H2,1H3/p+1/t16-,17-,18-/m0/s1. The molecule has 0 aromatic rings. The van der Waals surface area contributed by atoms with Crippen LogP contribution in [0.2, 0.25) is 0 Å². The van der Waals surface area contributed by atoms with Gasteiger partial charge in [0.05, 0.1) is 18.2 Å². The topological polar surface area (TPSA) is 113 Å². The lowest BCUT2D eigenvalue weighted by Crippen LogP contribution is -2.45. The van der Waals surface area contributed by atoms with Crippen molar-refractivity contribution in [3.63, 3.8) is 0 Å². The highest BCUT2D eigenvalue weighted by Gasteiger charge is 2.26. The van der Waals surface area contributed by atoms with Gasteiger partial charge in [-0.15, -0.1) is 9.42 Å². The minimum atomic E-state index is -2.73. The lowest BCUT2D eigenvalue weighted by molar-refractivity contribution is -0.0101. The third kappa shape index (κ3) is 15.8. The fourth-order valence-electron chi connectivity index (χ4n) is 2.90. The zero-order chi connectivity index (χ0) is 18.9. The van der Waals surface area contributed by atoms with Crippen molar-refractivity contribution in [2.75, 3.05) is 6.61 Å². The highest BCUT2D eigenvalue weighted by Crippen LogP contribution is 2.17. The molecule has 0 spiro atoms. The van der Waals surface area contributed by atoms with Gasteiger partial charge in [-0.1, -0.05) is 84.0 Å². The van der Waals surface area contributed by atoms with Crippen molar-refractivity contribution in [2.24, 2.45) is 5.73 Å². The van der Waals surface area contributed by atoms with Gasteiger partial charge >= 0.3 is 8.25 Å². The van der Waals surface area contributed by atoms with E-state index in [1.807, 2.05) is 0 Å². The number of rotatable bonds is 18. The van der Waals surface area contributed by atoms with Gasteiger partial charge in [0.2, 0.25) is 0 Å². The molecule has 0 rings (SSSR count). The summed E-state index contributed by atoms with van der Waals surface area (Å²) in [5, 5.41) is 19.7. The summed E-state index contributed by atoms with van der Waals surface area (Å²) < 4.78 is 14.9. The summed E-state index contributed by atoms with van der Waals surface area (Å²) in [7, 11) is -2.73. The SMILES string of the molecule is CCCCCCCCCCCCCC[C@H](O)[C@@H](O)[C@@H](N)CO[P+](=O)O. The summed E-state index contributed by atoms with van der Waals surface area (Å²) in [5.74, 6) is 0. The molecule has 0 aromatic carbocycles. The predicted octanol–water partition coefficient (Wildman–Crippen LogP) is 3.79. The first-order valence-corrected chi connectivity index (χ1v) is 11.0. The second-order valence-corrected chi connectivity index (χ2v) is 7.67. The Morgan fingerprint density at radius 3 is 1.76 bits per heavy atom. The van der Waals surface area contributed by atoms with Gasteiger partial charge in [-0.25, -0.2) is 0 Å². The Hall–Kier alpha value is -0.100. The molecule has 0 heterocycles. The molecule has 1 unspecified atom stereocenters. The van der Waals surface area contributed by atoms with Gasteiger partial charge in [-0.05, 0) is 6.42 Å². The molecule has 0 saturated carbocycles. The van der Waals surface area contributed by atoms with E-state index in [-0.39, 0.29) is 6.61 Å². The molecule has 0 fully saturated rings. The van der Waals surface area contributed by atoms with E-state index in [1.165, 1.54) is 57.8 Å². The first-order chi connectivity index (χ1) is 12.0. The van der Waals surface area contributed by atoms with Gasteiger partial charge in [-0.3, -0.25) is 0 Å². The third-order valence-corrected chi connectivity index (χ3v) is 4.93. The smallest absolute Gasteiger partial charge is 0.390 e. The van der Waals surface area contributed by atoms with Crippen molar-refractivity contribution in [1.29, 1.82) is 0 Å². The first-order valence-electron chi connectivity index (χ1n) is 9.89. The Morgan fingerprint density at radius 2 is 1.32 bits per heavy atom. The molecule has 25 heavy (non-hydrogen) atoms. The maximum Gasteiger partial charge on any atom is 0.694 e. The van der Waals surface area contributed by atoms with E-state index in [0.717, 1.165) is 19.3 Å². The van der Waals surface area contributed by atoms with E-state index in [9.17, 15) is 14.8 Å². The van der Waals surface area contributed by atoms with Gasteiger partial charge < -0.3 is 15.9 Å². The minimum absolute atomic E-state index is 0.248. The average molecular weight is 380 g/mol. The second-order valence-electron chi connectivity index (χ2n) is 6.93. The zero-order valence-electron chi connectivity index (χ0n) is 15.8. The summed E-state index contributed by atoms with van der Waals surface area (Å²) in [6, 6.07) is -0.863. The molecule has 150 valence electrons. The Balaban J connectivity index is 3.44. The summed E-state index contributed by atoms with van der Waals surface area (Å²) in [6.07, 6.45) is 13.4. The van der Waals surface area contributed by atoms with Crippen LogP contribution in [-0.4, -0.2) is 40.0 Å². The summed E-state index contributed by atoms with van der Waals surface area (Å²) in [6.45, 7) is 1.99. The molecule has 0 amide bonds. The number of aliphatic hydroxyl groups is 2. The van der Waals surface area contributed by atoms with Crippen LogP contribution in [0.25, 0.3) is 0 Å². The quantitative estimate of drug-likeness (QED) is 0.212. The average Bonchev–Trinajstić information content (AvgIpc) is 2.59.